The van der Waals surface area contributed by atoms with Gasteiger partial charge in [-0.25, -0.2) is 0 Å². The molecule has 0 fully saturated rings. The molecule has 4 nitrogen and oxygen atoms in total. The standard InChI is InChI=1S/C10H22N2O2/c1-8(2)7-14-6-5-12-10(3,4)9(11)13/h8,12H,5-7H2,1-4H3,(H2,11,13). The number of nitrogens with two attached hydrogens (primary N) is 1. The van der Waals surface area contributed by atoms with Gasteiger partial charge in [-0.3, -0.25) is 4.79 Å². The third kappa shape index (κ3) is 5.94. The normalized spacial score (nSPS) is 12.1. The van der Waals surface area contributed by atoms with Crippen molar-refractivity contribution in [1.82, 2.24) is 5.32 Å². The zero-order valence-corrected chi connectivity index (χ0v) is 9.59. The minimum absolute atomic E-state index is 0.346. The van der Waals surface area contributed by atoms with Crippen LogP contribution < -0.4 is 11.1 Å². The van der Waals surface area contributed by atoms with Gasteiger partial charge >= 0.3 is 0 Å². The summed E-state index contributed by atoms with van der Waals surface area (Å²) in [5, 5.41) is 3.03. The molecule has 0 aromatic carbocycles. The Bertz CT molecular complexity index is 179. The van der Waals surface area contributed by atoms with E-state index < -0.39 is 5.54 Å². The number of primary amides is 1. The van der Waals surface area contributed by atoms with Crippen LogP contribution in [0, 0.1) is 5.92 Å². The van der Waals surface area contributed by atoms with Crippen molar-refractivity contribution < 1.29 is 9.53 Å². The van der Waals surface area contributed by atoms with E-state index in [2.05, 4.69) is 19.2 Å². The van der Waals surface area contributed by atoms with Crippen molar-refractivity contribution >= 4 is 5.91 Å². The van der Waals surface area contributed by atoms with Crippen LogP contribution in [0.4, 0.5) is 0 Å². The van der Waals surface area contributed by atoms with Gasteiger partial charge in [-0.05, 0) is 19.8 Å². The molecule has 0 aromatic rings. The summed E-state index contributed by atoms with van der Waals surface area (Å²) in [4.78, 5) is 10.9. The maximum absolute atomic E-state index is 10.9. The molecule has 0 atom stereocenters. The first-order chi connectivity index (χ1) is 6.36. The molecule has 84 valence electrons. The van der Waals surface area contributed by atoms with Crippen molar-refractivity contribution in [1.29, 1.82) is 0 Å². The average molecular weight is 202 g/mol. The third-order valence-corrected chi connectivity index (χ3v) is 1.88. The summed E-state index contributed by atoms with van der Waals surface area (Å²) in [5.74, 6) is 0.195. The molecule has 0 heterocycles. The first-order valence-electron chi connectivity index (χ1n) is 4.99. The summed E-state index contributed by atoms with van der Waals surface area (Å²) in [7, 11) is 0. The zero-order chi connectivity index (χ0) is 11.2. The summed E-state index contributed by atoms with van der Waals surface area (Å²) in [6.07, 6.45) is 0. The maximum atomic E-state index is 10.9. The van der Waals surface area contributed by atoms with Crippen molar-refractivity contribution in [2.24, 2.45) is 11.7 Å². The number of carbonyl (C=O) groups excluding carboxylic acids is 1. The van der Waals surface area contributed by atoms with Gasteiger partial charge in [-0.15, -0.1) is 0 Å². The van der Waals surface area contributed by atoms with Crippen molar-refractivity contribution in [3.8, 4) is 0 Å². The third-order valence-electron chi connectivity index (χ3n) is 1.88. The Hall–Kier alpha value is -0.610. The van der Waals surface area contributed by atoms with Gasteiger partial charge in [0.2, 0.25) is 5.91 Å². The first kappa shape index (κ1) is 13.4. The molecule has 0 radical (unpaired) electrons. The van der Waals surface area contributed by atoms with Gasteiger partial charge in [0.1, 0.15) is 0 Å². The van der Waals surface area contributed by atoms with Crippen LogP contribution in [0.15, 0.2) is 0 Å². The second-order valence-corrected chi connectivity index (χ2v) is 4.38. The van der Waals surface area contributed by atoms with Gasteiger partial charge < -0.3 is 15.8 Å². The van der Waals surface area contributed by atoms with Gasteiger partial charge in [0.15, 0.2) is 0 Å². The molecule has 0 bridgehead atoms. The summed E-state index contributed by atoms with van der Waals surface area (Å²) >= 11 is 0. The van der Waals surface area contributed by atoms with Crippen molar-refractivity contribution in [3.05, 3.63) is 0 Å². The monoisotopic (exact) mass is 202 g/mol. The highest BCUT2D eigenvalue weighted by atomic mass is 16.5. The summed E-state index contributed by atoms with van der Waals surface area (Å²) < 4.78 is 5.36. The first-order valence-corrected chi connectivity index (χ1v) is 4.99. The van der Waals surface area contributed by atoms with E-state index >= 15 is 0 Å². The van der Waals surface area contributed by atoms with Crippen LogP contribution in [0.3, 0.4) is 0 Å². The Morgan fingerprint density at radius 1 is 1.50 bits per heavy atom. The van der Waals surface area contributed by atoms with Crippen LogP contribution in [0.2, 0.25) is 0 Å². The van der Waals surface area contributed by atoms with E-state index in [1.165, 1.54) is 0 Å². The predicted octanol–water partition coefficient (Wildman–Crippen LogP) is 0.513. The van der Waals surface area contributed by atoms with E-state index in [0.717, 1.165) is 6.61 Å². The molecule has 1 amide bonds. The Labute approximate surface area is 86.2 Å². The number of hydrogen-bond donors (Lipinski definition) is 2. The number of carbonyl (C=O) groups is 1. The quantitative estimate of drug-likeness (QED) is 0.591. The van der Waals surface area contributed by atoms with Crippen LogP contribution in [-0.4, -0.2) is 31.2 Å². The molecule has 14 heavy (non-hydrogen) atoms. The van der Waals surface area contributed by atoms with E-state index in [1.54, 1.807) is 13.8 Å². The predicted molar refractivity (Wildman–Crippen MR) is 56.9 cm³/mol. The largest absolute Gasteiger partial charge is 0.380 e. The Balaban J connectivity index is 3.49. The zero-order valence-electron chi connectivity index (χ0n) is 9.59. The highest BCUT2D eigenvalue weighted by molar-refractivity contribution is 5.83. The molecular weight excluding hydrogens is 180 g/mol. The summed E-state index contributed by atoms with van der Waals surface area (Å²) in [5.41, 5.74) is 4.54. The van der Waals surface area contributed by atoms with Gasteiger partial charge in [0.05, 0.1) is 12.1 Å². The van der Waals surface area contributed by atoms with E-state index in [9.17, 15) is 4.79 Å². The molecule has 4 heteroatoms. The topological polar surface area (TPSA) is 64.3 Å². The number of amides is 1. The lowest BCUT2D eigenvalue weighted by Gasteiger charge is -2.22. The Kier molecular flexibility index (Phi) is 5.72. The number of nitrogens with one attached hydrogen (secondary N) is 1. The fourth-order valence-electron chi connectivity index (χ4n) is 0.842. The Morgan fingerprint density at radius 3 is 2.50 bits per heavy atom. The minimum Gasteiger partial charge on any atom is -0.380 e. The molecule has 0 aliphatic rings. The molecule has 0 unspecified atom stereocenters. The van der Waals surface area contributed by atoms with Crippen molar-refractivity contribution in [3.63, 3.8) is 0 Å². The SMILES string of the molecule is CC(C)COCCNC(C)(C)C(N)=O. The van der Waals surface area contributed by atoms with E-state index in [-0.39, 0.29) is 5.91 Å². The number of ether oxygens (including phenoxy) is 1. The second kappa shape index (κ2) is 5.98. The molecule has 0 aromatic heterocycles. The molecule has 0 saturated carbocycles. The van der Waals surface area contributed by atoms with E-state index in [4.69, 9.17) is 10.5 Å². The lowest BCUT2D eigenvalue weighted by molar-refractivity contribution is -0.123. The summed E-state index contributed by atoms with van der Waals surface area (Å²) in [6.45, 7) is 9.72. The second-order valence-electron chi connectivity index (χ2n) is 4.38. The minimum atomic E-state index is -0.652. The maximum Gasteiger partial charge on any atom is 0.237 e. The summed E-state index contributed by atoms with van der Waals surface area (Å²) in [6, 6.07) is 0. The Morgan fingerprint density at radius 2 is 2.07 bits per heavy atom. The molecule has 3 N–H and O–H groups in total. The van der Waals surface area contributed by atoms with Crippen molar-refractivity contribution in [2.75, 3.05) is 19.8 Å². The number of rotatable bonds is 7. The van der Waals surface area contributed by atoms with Gasteiger partial charge in [0, 0.05) is 13.2 Å². The lowest BCUT2D eigenvalue weighted by Crippen LogP contribution is -2.51. The van der Waals surface area contributed by atoms with Crippen LogP contribution in [-0.2, 0) is 9.53 Å². The highest BCUT2D eigenvalue weighted by Crippen LogP contribution is 1.99. The van der Waals surface area contributed by atoms with Crippen LogP contribution in [0.25, 0.3) is 0 Å². The molecule has 0 spiro atoms. The van der Waals surface area contributed by atoms with Gasteiger partial charge in [-0.2, -0.15) is 0 Å². The molecule has 0 aliphatic carbocycles. The van der Waals surface area contributed by atoms with Gasteiger partial charge in [-0.1, -0.05) is 13.8 Å². The highest BCUT2D eigenvalue weighted by Gasteiger charge is 2.23. The average Bonchev–Trinajstić information content (AvgIpc) is 2.02. The molecule has 0 saturated heterocycles. The number of hydrogen-bond acceptors (Lipinski definition) is 3. The van der Waals surface area contributed by atoms with Crippen LogP contribution >= 0.6 is 0 Å². The van der Waals surface area contributed by atoms with Crippen LogP contribution in [0.1, 0.15) is 27.7 Å². The van der Waals surface area contributed by atoms with E-state index in [0.29, 0.717) is 19.1 Å². The van der Waals surface area contributed by atoms with Gasteiger partial charge in [0.25, 0.3) is 0 Å². The molecule has 0 rings (SSSR count). The fourth-order valence-corrected chi connectivity index (χ4v) is 0.842. The smallest absolute Gasteiger partial charge is 0.237 e. The van der Waals surface area contributed by atoms with Crippen LogP contribution in [0.5, 0.6) is 0 Å². The molecular formula is C10H22N2O2. The van der Waals surface area contributed by atoms with E-state index in [1.807, 2.05) is 0 Å². The lowest BCUT2D eigenvalue weighted by atomic mass is 10.1. The molecule has 0 aliphatic heterocycles. The fraction of sp³-hybridized carbons (Fsp3) is 0.900. The van der Waals surface area contributed by atoms with Crippen molar-refractivity contribution in [2.45, 2.75) is 33.2 Å².